The largest absolute Gasteiger partial charge is 0.370 e. The molecule has 0 unspecified atom stereocenters. The molecule has 0 radical (unpaired) electrons. The van der Waals surface area contributed by atoms with Crippen molar-refractivity contribution in [2.75, 3.05) is 18.4 Å². The predicted octanol–water partition coefficient (Wildman–Crippen LogP) is 4.93. The summed E-state index contributed by atoms with van der Waals surface area (Å²) in [6.07, 6.45) is 1.65. The van der Waals surface area contributed by atoms with E-state index >= 15 is 0 Å². The Morgan fingerprint density at radius 1 is 1.24 bits per heavy atom. The molecular weight excluding hydrogens is 468 g/mol. The van der Waals surface area contributed by atoms with E-state index in [9.17, 15) is 27.3 Å². The Morgan fingerprint density at radius 3 is 2.65 bits per heavy atom. The van der Waals surface area contributed by atoms with Gasteiger partial charge in [-0.15, -0.1) is 0 Å². The van der Waals surface area contributed by atoms with Gasteiger partial charge in [-0.05, 0) is 49.9 Å². The monoisotopic (exact) mass is 493 g/mol. The second-order valence-corrected chi connectivity index (χ2v) is 10.5. The maximum atomic E-state index is 13.8. The molecule has 34 heavy (non-hydrogen) atoms. The number of benzene rings is 2. The number of rotatable bonds is 7. The van der Waals surface area contributed by atoms with Gasteiger partial charge in [0.25, 0.3) is 5.69 Å². The normalized spacial score (nSPS) is 18.3. The van der Waals surface area contributed by atoms with Crippen LogP contribution in [0.5, 0.6) is 0 Å². The van der Waals surface area contributed by atoms with Gasteiger partial charge in [-0.25, -0.2) is 13.4 Å². The van der Waals surface area contributed by atoms with E-state index in [1.165, 1.54) is 22.5 Å². The minimum atomic E-state index is -3.90. The van der Waals surface area contributed by atoms with Gasteiger partial charge in [0.05, 0.1) is 26.9 Å². The zero-order valence-electron chi connectivity index (χ0n) is 18.7. The van der Waals surface area contributed by atoms with E-state index in [2.05, 4.69) is 10.3 Å². The Labute approximate surface area is 195 Å². The first kappa shape index (κ1) is 24.0. The molecule has 182 valence electrons. The highest BCUT2D eigenvalue weighted by molar-refractivity contribution is 7.89. The average Bonchev–Trinajstić information content (AvgIpc) is 3.19. The summed E-state index contributed by atoms with van der Waals surface area (Å²) in [7, 11) is -3.90. The third-order valence-electron chi connectivity index (χ3n) is 6.00. The molecule has 1 aliphatic heterocycles. The first-order valence-corrected chi connectivity index (χ1v) is 12.3. The summed E-state index contributed by atoms with van der Waals surface area (Å²) in [6.45, 7) is 1.38. The Morgan fingerprint density at radius 2 is 1.97 bits per heavy atom. The minimum absolute atomic E-state index is 0.00417. The van der Waals surface area contributed by atoms with Gasteiger partial charge in [0.15, 0.2) is 0 Å². The number of fused-ring (bicyclic) bond motifs is 1. The van der Waals surface area contributed by atoms with Crippen molar-refractivity contribution in [3.8, 4) is 0 Å². The van der Waals surface area contributed by atoms with Crippen LogP contribution in [0.2, 0.25) is 0 Å². The number of sulfonamides is 1. The highest BCUT2D eigenvalue weighted by Gasteiger charge is 2.31. The molecule has 4 rings (SSSR count). The fourth-order valence-electron chi connectivity index (χ4n) is 4.33. The molecule has 2 heterocycles. The molecule has 0 amide bonds. The number of nitrogens with one attached hydrogen (secondary N) is 1. The van der Waals surface area contributed by atoms with Gasteiger partial charge in [-0.1, -0.05) is 19.1 Å². The minimum Gasteiger partial charge on any atom is -0.370 e. The van der Waals surface area contributed by atoms with Crippen molar-refractivity contribution in [3.63, 3.8) is 0 Å². The fraction of sp³-hybridized carbons (Fsp3) is 0.409. The molecule has 1 aliphatic rings. The zero-order chi connectivity index (χ0) is 24.6. The molecule has 1 aromatic heterocycles. The Balaban J connectivity index is 1.67. The van der Waals surface area contributed by atoms with E-state index < -0.39 is 33.2 Å². The third kappa shape index (κ3) is 4.47. The number of halogens is 2. The van der Waals surface area contributed by atoms with E-state index in [-0.39, 0.29) is 27.8 Å². The molecule has 0 saturated carbocycles. The first-order chi connectivity index (χ1) is 16.1. The van der Waals surface area contributed by atoms with Gasteiger partial charge in [-0.2, -0.15) is 13.1 Å². The van der Waals surface area contributed by atoms with Crippen molar-refractivity contribution >= 4 is 32.4 Å². The van der Waals surface area contributed by atoms with Crippen molar-refractivity contribution in [2.45, 2.75) is 44.2 Å². The number of nitro benzene ring substituents is 1. The standard InChI is InChI=1S/C22H25F2N5O4S/c1-14-6-5-11-27(13-14)34(32,33)16-9-10-18(20(12-16)29(30)31)25-15(2)21-26-17-7-3-4-8-19(17)28(21)22(23)24/h3-4,7-10,12,14-15,22,25H,5-6,11,13H2,1-2H3/t14-,15-/m0/s1. The van der Waals surface area contributed by atoms with E-state index in [0.29, 0.717) is 18.6 Å². The lowest BCUT2D eigenvalue weighted by Crippen LogP contribution is -2.39. The number of anilines is 1. The first-order valence-electron chi connectivity index (χ1n) is 10.9. The highest BCUT2D eigenvalue weighted by Crippen LogP contribution is 2.34. The van der Waals surface area contributed by atoms with Crippen LogP contribution < -0.4 is 5.32 Å². The lowest BCUT2D eigenvalue weighted by Gasteiger charge is -2.30. The predicted molar refractivity (Wildman–Crippen MR) is 123 cm³/mol. The number of nitrogens with zero attached hydrogens (tertiary/aromatic N) is 4. The van der Waals surface area contributed by atoms with Crippen LogP contribution in [0.4, 0.5) is 20.2 Å². The number of hydrogen-bond donors (Lipinski definition) is 1. The number of imidazole rings is 1. The van der Waals surface area contributed by atoms with Crippen LogP contribution in [-0.4, -0.2) is 40.3 Å². The Hall–Kier alpha value is -3.12. The molecule has 1 fully saturated rings. The van der Waals surface area contributed by atoms with E-state index in [1.54, 1.807) is 25.1 Å². The number of aromatic nitrogens is 2. The second kappa shape index (κ2) is 9.26. The van der Waals surface area contributed by atoms with Crippen molar-refractivity contribution in [1.82, 2.24) is 13.9 Å². The van der Waals surface area contributed by atoms with E-state index in [4.69, 9.17) is 0 Å². The van der Waals surface area contributed by atoms with Crippen LogP contribution in [-0.2, 0) is 10.0 Å². The Bertz CT molecular complexity index is 1330. The molecule has 2 aromatic carbocycles. The summed E-state index contributed by atoms with van der Waals surface area (Å²) in [5, 5.41) is 14.6. The summed E-state index contributed by atoms with van der Waals surface area (Å²) < 4.78 is 55.9. The summed E-state index contributed by atoms with van der Waals surface area (Å²) >= 11 is 0. The van der Waals surface area contributed by atoms with Gasteiger partial charge in [0, 0.05) is 19.2 Å². The number of piperidine rings is 1. The number of para-hydroxylation sites is 2. The van der Waals surface area contributed by atoms with Gasteiger partial charge in [-0.3, -0.25) is 14.7 Å². The van der Waals surface area contributed by atoms with Gasteiger partial charge in [0.1, 0.15) is 11.5 Å². The quantitative estimate of drug-likeness (QED) is 0.369. The summed E-state index contributed by atoms with van der Waals surface area (Å²) in [5.41, 5.74) is 0.167. The molecule has 3 aromatic rings. The zero-order valence-corrected chi connectivity index (χ0v) is 19.5. The molecule has 0 spiro atoms. The molecule has 1 N–H and O–H groups in total. The van der Waals surface area contributed by atoms with Gasteiger partial charge in [0.2, 0.25) is 10.0 Å². The lowest BCUT2D eigenvalue weighted by molar-refractivity contribution is -0.384. The third-order valence-corrected chi connectivity index (χ3v) is 7.86. The number of hydrogen-bond acceptors (Lipinski definition) is 6. The average molecular weight is 494 g/mol. The van der Waals surface area contributed by atoms with Crippen LogP contribution >= 0.6 is 0 Å². The van der Waals surface area contributed by atoms with Crippen molar-refractivity contribution in [3.05, 3.63) is 58.4 Å². The Kier molecular flexibility index (Phi) is 6.54. The molecule has 9 nitrogen and oxygen atoms in total. The van der Waals surface area contributed by atoms with Crippen molar-refractivity contribution in [2.24, 2.45) is 5.92 Å². The van der Waals surface area contributed by atoms with Crippen molar-refractivity contribution in [1.29, 1.82) is 0 Å². The molecule has 12 heteroatoms. The number of nitro groups is 1. The second-order valence-electron chi connectivity index (χ2n) is 8.52. The molecule has 0 aliphatic carbocycles. The summed E-state index contributed by atoms with van der Waals surface area (Å²) in [5.74, 6) is 0.207. The van der Waals surface area contributed by atoms with E-state index in [1.807, 2.05) is 6.92 Å². The molecule has 1 saturated heterocycles. The maximum Gasteiger partial charge on any atom is 0.320 e. The maximum absolute atomic E-state index is 13.8. The number of alkyl halides is 2. The molecular formula is C22H25F2N5O4S. The summed E-state index contributed by atoms with van der Waals surface area (Å²) in [6, 6.07) is 9.21. The van der Waals surface area contributed by atoms with Crippen LogP contribution in [0, 0.1) is 16.0 Å². The van der Waals surface area contributed by atoms with Crippen LogP contribution in [0.25, 0.3) is 11.0 Å². The van der Waals surface area contributed by atoms with Crippen LogP contribution in [0.3, 0.4) is 0 Å². The van der Waals surface area contributed by atoms with Crippen LogP contribution in [0.1, 0.15) is 45.1 Å². The topological polar surface area (TPSA) is 110 Å². The van der Waals surface area contributed by atoms with Crippen molar-refractivity contribution < 1.29 is 22.1 Å². The summed E-state index contributed by atoms with van der Waals surface area (Å²) in [4.78, 5) is 15.2. The SMILES string of the molecule is C[C@H]1CCCN(S(=O)(=O)c2ccc(N[C@@H](C)c3nc4ccccc4n3C(F)F)c([N+](=O)[O-])c2)C1. The van der Waals surface area contributed by atoms with Crippen LogP contribution in [0.15, 0.2) is 47.4 Å². The smallest absolute Gasteiger partial charge is 0.320 e. The molecule has 2 atom stereocenters. The molecule has 0 bridgehead atoms. The van der Waals surface area contributed by atoms with Gasteiger partial charge < -0.3 is 5.32 Å². The fourth-order valence-corrected chi connectivity index (χ4v) is 5.95. The highest BCUT2D eigenvalue weighted by atomic mass is 32.2. The lowest BCUT2D eigenvalue weighted by atomic mass is 10.0. The van der Waals surface area contributed by atoms with Gasteiger partial charge >= 0.3 is 6.55 Å². The van der Waals surface area contributed by atoms with E-state index in [0.717, 1.165) is 23.5 Å².